The summed E-state index contributed by atoms with van der Waals surface area (Å²) >= 11 is 0. The van der Waals surface area contributed by atoms with Crippen LogP contribution in [0.15, 0.2) is 66.4 Å². The number of hydrogen-bond acceptors (Lipinski definition) is 4. The van der Waals surface area contributed by atoms with Gasteiger partial charge in [-0.3, -0.25) is 10.2 Å². The fourth-order valence-corrected chi connectivity index (χ4v) is 2.95. The molecule has 1 amide bonds. The van der Waals surface area contributed by atoms with E-state index in [9.17, 15) is 4.79 Å². The van der Waals surface area contributed by atoms with Crippen molar-refractivity contribution in [2.45, 2.75) is 13.0 Å². The second-order valence-corrected chi connectivity index (χ2v) is 6.48. The van der Waals surface area contributed by atoms with E-state index in [2.05, 4.69) is 41.2 Å². The third kappa shape index (κ3) is 6.04. The Labute approximate surface area is 159 Å². The maximum atomic E-state index is 11.9. The molecule has 0 saturated carbocycles. The van der Waals surface area contributed by atoms with Crippen LogP contribution < -0.4 is 25.2 Å². The molecule has 3 N–H and O–H groups in total. The molecule has 0 spiro atoms. The number of hydrazine groups is 1. The first-order valence-electron chi connectivity index (χ1n) is 9.11. The molecule has 0 aliphatic carbocycles. The van der Waals surface area contributed by atoms with Crippen molar-refractivity contribution in [1.29, 1.82) is 0 Å². The molecule has 6 nitrogen and oxygen atoms in total. The highest BCUT2D eigenvalue weighted by molar-refractivity contribution is 5.77. The Morgan fingerprint density at radius 2 is 1.81 bits per heavy atom. The lowest BCUT2D eigenvalue weighted by Gasteiger charge is -2.24. The second-order valence-electron chi connectivity index (χ2n) is 6.48. The van der Waals surface area contributed by atoms with Crippen molar-refractivity contribution in [1.82, 2.24) is 10.9 Å². The first kappa shape index (κ1) is 18.8. The van der Waals surface area contributed by atoms with E-state index in [1.54, 1.807) is 31.4 Å². The first-order chi connectivity index (χ1) is 13.2. The summed E-state index contributed by atoms with van der Waals surface area (Å²) in [5.74, 6) is 1.16. The van der Waals surface area contributed by atoms with Gasteiger partial charge in [0.25, 0.3) is 5.91 Å². The van der Waals surface area contributed by atoms with Gasteiger partial charge in [-0.1, -0.05) is 30.3 Å². The third-order valence-electron chi connectivity index (χ3n) is 4.47. The smallest absolute Gasteiger partial charge is 0.276 e. The van der Waals surface area contributed by atoms with E-state index in [0.717, 1.165) is 37.5 Å². The number of benzene rings is 2. The van der Waals surface area contributed by atoms with Gasteiger partial charge >= 0.3 is 0 Å². The molecule has 0 aromatic heterocycles. The molecule has 0 bridgehead atoms. The van der Waals surface area contributed by atoms with Crippen LogP contribution in [0.5, 0.6) is 11.5 Å². The number of nitrogens with one attached hydrogen (secondary N) is 3. The van der Waals surface area contributed by atoms with Crippen LogP contribution in [-0.2, 0) is 11.3 Å². The van der Waals surface area contributed by atoms with Crippen molar-refractivity contribution in [2.24, 2.45) is 0 Å². The summed E-state index contributed by atoms with van der Waals surface area (Å²) in [4.78, 5) is 13.4. The Morgan fingerprint density at radius 3 is 2.48 bits per heavy atom. The van der Waals surface area contributed by atoms with Gasteiger partial charge in [0, 0.05) is 17.7 Å². The van der Waals surface area contributed by atoms with E-state index in [4.69, 9.17) is 9.47 Å². The van der Waals surface area contributed by atoms with Crippen LogP contribution in [0.3, 0.4) is 0 Å². The van der Waals surface area contributed by atoms with Crippen LogP contribution in [0.4, 0.5) is 0 Å². The molecule has 1 atom stereocenters. The molecule has 0 saturated heterocycles. The van der Waals surface area contributed by atoms with E-state index < -0.39 is 0 Å². The van der Waals surface area contributed by atoms with Crippen LogP contribution in [-0.4, -0.2) is 32.7 Å². The number of hydrogen-bond donors (Lipinski definition) is 3. The standard InChI is InChI=1S/C21H25N3O3/c1-26-19-7-9-20(10-8-19)27-16-21(25)23-22-18-11-13-24(14-12-18)15-17-5-3-2-4-6-17/h2-11,22H,12-16H2,1H3,(H,23,25)/p+1. The van der Waals surface area contributed by atoms with Crippen molar-refractivity contribution >= 4 is 5.91 Å². The van der Waals surface area contributed by atoms with Crippen molar-refractivity contribution in [3.63, 3.8) is 0 Å². The highest BCUT2D eigenvalue weighted by Gasteiger charge is 2.15. The van der Waals surface area contributed by atoms with Gasteiger partial charge in [0.15, 0.2) is 6.61 Å². The van der Waals surface area contributed by atoms with Crippen LogP contribution in [0.1, 0.15) is 12.0 Å². The molecule has 0 radical (unpaired) electrons. The van der Waals surface area contributed by atoms with Crippen LogP contribution in [0.2, 0.25) is 0 Å². The molecule has 142 valence electrons. The monoisotopic (exact) mass is 368 g/mol. The Bertz CT molecular complexity index is 760. The number of methoxy groups -OCH3 is 1. The average molecular weight is 368 g/mol. The minimum Gasteiger partial charge on any atom is -0.497 e. The first-order valence-corrected chi connectivity index (χ1v) is 9.11. The van der Waals surface area contributed by atoms with Crippen molar-refractivity contribution < 1.29 is 19.2 Å². The largest absolute Gasteiger partial charge is 0.497 e. The van der Waals surface area contributed by atoms with Gasteiger partial charge in [0.1, 0.15) is 18.0 Å². The molecule has 1 heterocycles. The Morgan fingerprint density at radius 1 is 1.07 bits per heavy atom. The van der Waals surface area contributed by atoms with Gasteiger partial charge in [-0.15, -0.1) is 0 Å². The zero-order valence-corrected chi connectivity index (χ0v) is 15.5. The molecule has 27 heavy (non-hydrogen) atoms. The fourth-order valence-electron chi connectivity index (χ4n) is 2.95. The summed E-state index contributed by atoms with van der Waals surface area (Å²) in [5, 5.41) is 0. The van der Waals surface area contributed by atoms with E-state index in [1.165, 1.54) is 10.5 Å². The van der Waals surface area contributed by atoms with Crippen LogP contribution in [0.25, 0.3) is 0 Å². The molecule has 2 aromatic rings. The number of ether oxygens (including phenoxy) is 2. The fraction of sp³-hybridized carbons (Fsp3) is 0.286. The van der Waals surface area contributed by atoms with Crippen molar-refractivity contribution in [3.05, 3.63) is 71.9 Å². The zero-order chi connectivity index (χ0) is 18.9. The number of rotatable bonds is 8. The second kappa shape index (κ2) is 9.64. The number of carbonyl (C=O) groups excluding carboxylic acids is 1. The summed E-state index contributed by atoms with van der Waals surface area (Å²) in [5.41, 5.74) is 8.10. The summed E-state index contributed by atoms with van der Waals surface area (Å²) in [6, 6.07) is 17.6. The third-order valence-corrected chi connectivity index (χ3v) is 4.47. The molecule has 0 fully saturated rings. The molecule has 3 rings (SSSR count). The molecule has 1 unspecified atom stereocenters. The summed E-state index contributed by atoms with van der Waals surface area (Å²) in [6.07, 6.45) is 3.05. The van der Waals surface area contributed by atoms with Gasteiger partial charge in [-0.05, 0) is 30.3 Å². The molecule has 6 heteroatoms. The maximum Gasteiger partial charge on any atom is 0.276 e. The highest BCUT2D eigenvalue weighted by atomic mass is 16.5. The van der Waals surface area contributed by atoms with E-state index in [0.29, 0.717) is 5.75 Å². The number of quaternary nitrogens is 1. The SMILES string of the molecule is COc1ccc(OCC(=O)NNC2=CC[NH+](Cc3ccccc3)CC2)cc1. The van der Waals surface area contributed by atoms with E-state index in [-0.39, 0.29) is 12.5 Å². The predicted octanol–water partition coefficient (Wildman–Crippen LogP) is 1.07. The number of amides is 1. The lowest BCUT2D eigenvalue weighted by Crippen LogP contribution is -3.11. The highest BCUT2D eigenvalue weighted by Crippen LogP contribution is 2.16. The average Bonchev–Trinajstić information content (AvgIpc) is 2.73. The Hall–Kier alpha value is -2.99. The predicted molar refractivity (Wildman–Crippen MR) is 103 cm³/mol. The van der Waals surface area contributed by atoms with Gasteiger partial charge in [0.2, 0.25) is 0 Å². The van der Waals surface area contributed by atoms with Crippen molar-refractivity contribution in [3.8, 4) is 11.5 Å². The van der Waals surface area contributed by atoms with Gasteiger partial charge in [-0.25, -0.2) is 0 Å². The topological polar surface area (TPSA) is 64.0 Å². The number of carbonyl (C=O) groups is 1. The molecular formula is C21H26N3O3+. The zero-order valence-electron chi connectivity index (χ0n) is 15.5. The molecule has 1 aliphatic heterocycles. The minimum absolute atomic E-state index is 0.0437. The van der Waals surface area contributed by atoms with Gasteiger partial charge in [-0.2, -0.15) is 0 Å². The van der Waals surface area contributed by atoms with E-state index >= 15 is 0 Å². The van der Waals surface area contributed by atoms with Gasteiger partial charge in [0.05, 0.1) is 20.2 Å². The quantitative estimate of drug-likeness (QED) is 0.610. The molecular weight excluding hydrogens is 342 g/mol. The summed E-state index contributed by atoms with van der Waals surface area (Å²) < 4.78 is 10.5. The minimum atomic E-state index is -0.217. The maximum absolute atomic E-state index is 11.9. The Kier molecular flexibility index (Phi) is 6.71. The normalized spacial score (nSPS) is 16.2. The van der Waals surface area contributed by atoms with Gasteiger partial charge < -0.3 is 19.8 Å². The summed E-state index contributed by atoms with van der Waals surface area (Å²) in [6.45, 7) is 2.95. The van der Waals surface area contributed by atoms with Crippen LogP contribution in [0, 0.1) is 0 Å². The lowest BCUT2D eigenvalue weighted by molar-refractivity contribution is -0.909. The molecule has 2 aromatic carbocycles. The lowest BCUT2D eigenvalue weighted by atomic mass is 10.1. The van der Waals surface area contributed by atoms with E-state index in [1.807, 2.05) is 6.07 Å². The Balaban J connectivity index is 1.36. The molecule has 1 aliphatic rings. The van der Waals surface area contributed by atoms with Crippen LogP contribution >= 0.6 is 0 Å². The van der Waals surface area contributed by atoms with Crippen molar-refractivity contribution in [2.75, 3.05) is 26.8 Å². The summed E-state index contributed by atoms with van der Waals surface area (Å²) in [7, 11) is 1.61.